The van der Waals surface area contributed by atoms with E-state index in [1.807, 2.05) is 6.08 Å². The van der Waals surface area contributed by atoms with Crippen LogP contribution in [0.5, 0.6) is 0 Å². The van der Waals surface area contributed by atoms with Crippen molar-refractivity contribution < 1.29 is 9.90 Å². The lowest BCUT2D eigenvalue weighted by atomic mass is 9.50. The summed E-state index contributed by atoms with van der Waals surface area (Å²) in [6.45, 7) is 4.46. The summed E-state index contributed by atoms with van der Waals surface area (Å²) in [4.78, 5) is 11.8. The average Bonchev–Trinajstić information content (AvgIpc) is 2.86. The first kappa shape index (κ1) is 17.3. The van der Waals surface area contributed by atoms with Gasteiger partial charge in [-0.1, -0.05) is 25.3 Å². The van der Waals surface area contributed by atoms with Crippen LogP contribution < -0.4 is 0 Å². The molecule has 2 heteroatoms. The highest BCUT2D eigenvalue weighted by Crippen LogP contribution is 2.64. The number of aliphatic hydroxyl groups is 1. The highest BCUT2D eigenvalue weighted by Gasteiger charge is 2.61. The summed E-state index contributed by atoms with van der Waals surface area (Å²) in [6.07, 6.45) is 12.3. The van der Waals surface area contributed by atoms with Gasteiger partial charge < -0.3 is 5.11 Å². The van der Waals surface area contributed by atoms with Crippen molar-refractivity contribution in [2.24, 2.45) is 29.1 Å². The molecular formula is C23H32O2. The van der Waals surface area contributed by atoms with Gasteiger partial charge in [-0.15, -0.1) is 5.92 Å². The van der Waals surface area contributed by atoms with Crippen LogP contribution in [0, 0.1) is 40.9 Å². The van der Waals surface area contributed by atoms with Crippen LogP contribution >= 0.6 is 0 Å². The predicted octanol–water partition coefficient (Wildman–Crippen LogP) is 4.66. The lowest BCUT2D eigenvalue weighted by Gasteiger charge is -2.54. The van der Waals surface area contributed by atoms with Crippen LogP contribution in [0.4, 0.5) is 0 Å². The van der Waals surface area contributed by atoms with Crippen LogP contribution in [0.3, 0.4) is 0 Å². The van der Waals surface area contributed by atoms with E-state index in [-0.39, 0.29) is 5.41 Å². The number of allylic oxidation sites excluding steroid dienone is 1. The molecule has 2 nitrogen and oxygen atoms in total. The molecule has 0 spiro atoms. The first-order valence-electron chi connectivity index (χ1n) is 10.4. The molecule has 25 heavy (non-hydrogen) atoms. The van der Waals surface area contributed by atoms with E-state index in [2.05, 4.69) is 25.7 Å². The Morgan fingerprint density at radius 2 is 2.00 bits per heavy atom. The van der Waals surface area contributed by atoms with Crippen molar-refractivity contribution in [2.75, 3.05) is 0 Å². The number of ketones is 1. The Bertz CT molecular complexity index is 651. The predicted molar refractivity (Wildman–Crippen MR) is 99.7 cm³/mol. The number of carbonyl (C=O) groups is 1. The normalized spacial score (nSPS) is 45.6. The zero-order valence-corrected chi connectivity index (χ0v) is 15.8. The third-order valence-electron chi connectivity index (χ3n) is 8.12. The molecular weight excluding hydrogens is 308 g/mol. The molecule has 0 aromatic heterocycles. The standard InChI is InChI=1S/C23H32O2/c1-3-4-5-12-23(25)14-11-21-20-8-6-16-15-17(24)7-9-18(16)19(20)10-13-22(21,23)2/h15,18-21,25H,3-4,6-11,13-14H2,1-2H3/t18-,19-,20+,21+,22-,23+/m0/s1. The first-order valence-corrected chi connectivity index (χ1v) is 10.4. The van der Waals surface area contributed by atoms with Gasteiger partial charge in [0.05, 0.1) is 0 Å². The molecule has 0 saturated heterocycles. The minimum absolute atomic E-state index is 0.0411. The highest BCUT2D eigenvalue weighted by molar-refractivity contribution is 5.91. The van der Waals surface area contributed by atoms with Crippen molar-refractivity contribution in [3.05, 3.63) is 11.6 Å². The number of unbranched alkanes of at least 4 members (excludes halogenated alkanes) is 1. The second-order valence-electron chi connectivity index (χ2n) is 9.21. The number of carbonyl (C=O) groups excluding carboxylic acids is 1. The molecule has 0 aliphatic heterocycles. The summed E-state index contributed by atoms with van der Waals surface area (Å²) in [5.41, 5.74) is 0.619. The quantitative estimate of drug-likeness (QED) is 0.705. The molecule has 4 rings (SSSR count). The summed E-state index contributed by atoms with van der Waals surface area (Å²) in [5.74, 6) is 9.59. The third kappa shape index (κ3) is 2.62. The molecule has 0 aromatic carbocycles. The fourth-order valence-corrected chi connectivity index (χ4v) is 6.74. The second kappa shape index (κ2) is 6.27. The molecule has 0 radical (unpaired) electrons. The van der Waals surface area contributed by atoms with Gasteiger partial charge in [0.2, 0.25) is 0 Å². The molecule has 4 aliphatic carbocycles. The summed E-state index contributed by atoms with van der Waals surface area (Å²) in [6, 6.07) is 0. The van der Waals surface area contributed by atoms with E-state index in [9.17, 15) is 9.90 Å². The Kier molecular flexibility index (Phi) is 4.35. The highest BCUT2D eigenvalue weighted by atomic mass is 16.3. The molecule has 1 N–H and O–H groups in total. The van der Waals surface area contributed by atoms with Crippen molar-refractivity contribution in [1.82, 2.24) is 0 Å². The van der Waals surface area contributed by atoms with E-state index >= 15 is 0 Å². The zero-order chi connectivity index (χ0) is 17.7. The van der Waals surface area contributed by atoms with Gasteiger partial charge in [0.1, 0.15) is 5.60 Å². The van der Waals surface area contributed by atoms with Crippen molar-refractivity contribution >= 4 is 5.78 Å². The van der Waals surface area contributed by atoms with E-state index in [4.69, 9.17) is 0 Å². The number of hydrogen-bond acceptors (Lipinski definition) is 2. The van der Waals surface area contributed by atoms with Crippen LogP contribution in [0.2, 0.25) is 0 Å². The molecule has 0 aromatic rings. The number of rotatable bonds is 1. The van der Waals surface area contributed by atoms with Crippen LogP contribution in [0.15, 0.2) is 11.6 Å². The van der Waals surface area contributed by atoms with Crippen molar-refractivity contribution in [3.8, 4) is 11.8 Å². The minimum Gasteiger partial charge on any atom is -0.377 e. The number of hydrogen-bond donors (Lipinski definition) is 1. The van der Waals surface area contributed by atoms with Gasteiger partial charge in [-0.25, -0.2) is 0 Å². The smallest absolute Gasteiger partial charge is 0.155 e. The monoisotopic (exact) mass is 340 g/mol. The van der Waals surface area contributed by atoms with Crippen molar-refractivity contribution in [2.45, 2.75) is 83.7 Å². The molecule has 3 saturated carbocycles. The maximum atomic E-state index is 11.8. The van der Waals surface area contributed by atoms with E-state index in [1.54, 1.807) is 0 Å². The SMILES string of the molecule is CCCC#C[C@@]1(O)CC[C@@H]2[C@@H]3CCC4=CC(=O)CC[C@@H]4[C@@H]3CC[C@@]21C. The van der Waals surface area contributed by atoms with Gasteiger partial charge in [0.25, 0.3) is 0 Å². The largest absolute Gasteiger partial charge is 0.377 e. The van der Waals surface area contributed by atoms with Crippen molar-refractivity contribution in [3.63, 3.8) is 0 Å². The number of fused-ring (bicyclic) bond motifs is 5. The molecule has 0 heterocycles. The molecule has 4 aliphatic rings. The summed E-state index contributed by atoms with van der Waals surface area (Å²) < 4.78 is 0. The summed E-state index contributed by atoms with van der Waals surface area (Å²) >= 11 is 0. The minimum atomic E-state index is -0.781. The molecule has 6 atom stereocenters. The summed E-state index contributed by atoms with van der Waals surface area (Å²) in [5, 5.41) is 11.4. The van der Waals surface area contributed by atoms with Gasteiger partial charge in [0.15, 0.2) is 5.78 Å². The second-order valence-corrected chi connectivity index (χ2v) is 9.21. The van der Waals surface area contributed by atoms with Gasteiger partial charge in [0, 0.05) is 18.3 Å². The lowest BCUT2D eigenvalue weighted by Crippen LogP contribution is -2.52. The van der Waals surface area contributed by atoms with Gasteiger partial charge >= 0.3 is 0 Å². The van der Waals surface area contributed by atoms with Gasteiger partial charge in [-0.05, 0) is 81.1 Å². The van der Waals surface area contributed by atoms with E-state index in [0.717, 1.165) is 63.2 Å². The summed E-state index contributed by atoms with van der Waals surface area (Å²) in [7, 11) is 0. The Morgan fingerprint density at radius 3 is 2.80 bits per heavy atom. The molecule has 3 fully saturated rings. The van der Waals surface area contributed by atoms with Gasteiger partial charge in [-0.3, -0.25) is 4.79 Å². The van der Waals surface area contributed by atoms with E-state index in [0.29, 0.717) is 17.6 Å². The maximum Gasteiger partial charge on any atom is 0.155 e. The average molecular weight is 341 g/mol. The Labute approximate surface area is 152 Å². The fourth-order valence-electron chi connectivity index (χ4n) is 6.74. The Balaban J connectivity index is 1.59. The first-order chi connectivity index (χ1) is 12.0. The van der Waals surface area contributed by atoms with Crippen LogP contribution in [0.1, 0.15) is 78.1 Å². The van der Waals surface area contributed by atoms with Crippen LogP contribution in [-0.2, 0) is 4.79 Å². The van der Waals surface area contributed by atoms with Crippen LogP contribution in [0.25, 0.3) is 0 Å². The maximum absolute atomic E-state index is 11.8. The zero-order valence-electron chi connectivity index (χ0n) is 15.8. The fraction of sp³-hybridized carbons (Fsp3) is 0.783. The topological polar surface area (TPSA) is 37.3 Å². The Morgan fingerprint density at radius 1 is 1.16 bits per heavy atom. The van der Waals surface area contributed by atoms with Crippen molar-refractivity contribution in [1.29, 1.82) is 0 Å². The van der Waals surface area contributed by atoms with Crippen LogP contribution in [-0.4, -0.2) is 16.5 Å². The molecule has 0 unspecified atom stereocenters. The molecule has 136 valence electrons. The molecule has 0 amide bonds. The third-order valence-corrected chi connectivity index (χ3v) is 8.12. The Hall–Kier alpha value is -1.07. The lowest BCUT2D eigenvalue weighted by molar-refractivity contribution is -0.116. The molecule has 0 bridgehead atoms. The van der Waals surface area contributed by atoms with E-state index < -0.39 is 5.60 Å². The van der Waals surface area contributed by atoms with E-state index in [1.165, 1.54) is 18.4 Å². The van der Waals surface area contributed by atoms with Gasteiger partial charge in [-0.2, -0.15) is 0 Å².